The van der Waals surface area contributed by atoms with E-state index >= 15 is 0 Å². The Kier molecular flexibility index (Phi) is 2.59. The van der Waals surface area contributed by atoms with Gasteiger partial charge >= 0.3 is 0 Å². The third-order valence-electron chi connectivity index (χ3n) is 3.77. The third kappa shape index (κ3) is 1.60. The highest BCUT2D eigenvalue weighted by atomic mass is 14.1. The molecule has 0 unspecified atom stereocenters. The Morgan fingerprint density at radius 3 is 2.06 bits per heavy atom. The molecule has 0 radical (unpaired) electrons. The van der Waals surface area contributed by atoms with Crippen molar-refractivity contribution in [1.82, 2.24) is 0 Å². The van der Waals surface area contributed by atoms with E-state index in [1.807, 2.05) is 0 Å². The lowest BCUT2D eigenvalue weighted by Crippen LogP contribution is -1.91. The molecule has 0 saturated heterocycles. The van der Waals surface area contributed by atoms with Crippen LogP contribution in [0.5, 0.6) is 0 Å². The summed E-state index contributed by atoms with van der Waals surface area (Å²) in [6.07, 6.45) is 0. The molecule has 0 aromatic heterocycles. The van der Waals surface area contributed by atoms with Gasteiger partial charge in [0.1, 0.15) is 0 Å². The lowest BCUT2D eigenvalue weighted by atomic mass is 9.90. The van der Waals surface area contributed by atoms with E-state index in [-0.39, 0.29) is 0 Å². The van der Waals surface area contributed by atoms with Crippen LogP contribution in [0.3, 0.4) is 0 Å². The van der Waals surface area contributed by atoms with E-state index in [1.165, 1.54) is 32.7 Å². The molecular formula is C18H18. The molecule has 3 aromatic carbocycles. The minimum absolute atomic E-state index is 0.555. The van der Waals surface area contributed by atoms with Gasteiger partial charge in [0.25, 0.3) is 0 Å². The first-order valence-electron chi connectivity index (χ1n) is 6.59. The van der Waals surface area contributed by atoms with Crippen LogP contribution in [0.4, 0.5) is 0 Å². The molecular weight excluding hydrogens is 216 g/mol. The average molecular weight is 234 g/mol. The predicted octanol–water partition coefficient (Wildman–Crippen LogP) is 5.42. The van der Waals surface area contributed by atoms with Crippen molar-refractivity contribution in [3.63, 3.8) is 0 Å². The zero-order valence-electron chi connectivity index (χ0n) is 11.2. The van der Waals surface area contributed by atoms with Gasteiger partial charge in [-0.15, -0.1) is 0 Å². The Balaban J connectivity index is 2.57. The molecule has 0 atom stereocenters. The van der Waals surface area contributed by atoms with Gasteiger partial charge in [0.15, 0.2) is 0 Å². The van der Waals surface area contributed by atoms with Crippen LogP contribution in [0.2, 0.25) is 0 Å². The fourth-order valence-electron chi connectivity index (χ4n) is 2.79. The maximum Gasteiger partial charge on any atom is -0.0102 e. The monoisotopic (exact) mass is 234 g/mol. The molecule has 0 amide bonds. The first kappa shape index (κ1) is 11.3. The molecule has 90 valence electrons. The molecule has 0 aliphatic carbocycles. The molecule has 0 nitrogen and oxygen atoms in total. The van der Waals surface area contributed by atoms with Gasteiger partial charge in [-0.3, -0.25) is 0 Å². The largest absolute Gasteiger partial charge is 0.0616 e. The summed E-state index contributed by atoms with van der Waals surface area (Å²) >= 11 is 0. The molecule has 0 aliphatic heterocycles. The topological polar surface area (TPSA) is 0 Å². The standard InChI is InChI=1S/C18H18/c1-12(2)17-11-18-13(3)7-6-10-16(18)14-8-4-5-9-15(14)17/h4-12H,1-3H3. The van der Waals surface area contributed by atoms with E-state index in [9.17, 15) is 0 Å². The zero-order valence-corrected chi connectivity index (χ0v) is 11.2. The second-order valence-corrected chi connectivity index (χ2v) is 5.34. The number of aryl methyl sites for hydroxylation is 1. The molecule has 0 heterocycles. The van der Waals surface area contributed by atoms with E-state index in [4.69, 9.17) is 0 Å². The quantitative estimate of drug-likeness (QED) is 0.493. The SMILES string of the molecule is Cc1cccc2c1cc(C(C)C)c1ccccc12. The Hall–Kier alpha value is -1.82. The number of fused-ring (bicyclic) bond motifs is 3. The fraction of sp³-hybridized carbons (Fsp3) is 0.222. The van der Waals surface area contributed by atoms with Gasteiger partial charge in [0.2, 0.25) is 0 Å². The van der Waals surface area contributed by atoms with Crippen molar-refractivity contribution in [2.24, 2.45) is 0 Å². The fourth-order valence-corrected chi connectivity index (χ4v) is 2.79. The Morgan fingerprint density at radius 1 is 0.722 bits per heavy atom. The highest BCUT2D eigenvalue weighted by Gasteiger charge is 2.09. The van der Waals surface area contributed by atoms with Crippen LogP contribution in [-0.4, -0.2) is 0 Å². The predicted molar refractivity (Wildman–Crippen MR) is 80.3 cm³/mol. The second kappa shape index (κ2) is 4.13. The maximum absolute atomic E-state index is 2.37. The number of rotatable bonds is 1. The van der Waals surface area contributed by atoms with Crippen molar-refractivity contribution in [3.8, 4) is 0 Å². The molecule has 3 aromatic rings. The van der Waals surface area contributed by atoms with Crippen LogP contribution in [0, 0.1) is 6.92 Å². The number of hydrogen-bond acceptors (Lipinski definition) is 0. The van der Waals surface area contributed by atoms with Gasteiger partial charge in [-0.05, 0) is 51.6 Å². The number of benzene rings is 3. The van der Waals surface area contributed by atoms with Gasteiger partial charge in [0.05, 0.1) is 0 Å². The summed E-state index contributed by atoms with van der Waals surface area (Å²) < 4.78 is 0. The zero-order chi connectivity index (χ0) is 12.7. The van der Waals surface area contributed by atoms with Gasteiger partial charge in [-0.1, -0.05) is 56.3 Å². The summed E-state index contributed by atoms with van der Waals surface area (Å²) in [5.74, 6) is 0.555. The smallest absolute Gasteiger partial charge is 0.0102 e. The summed E-state index contributed by atoms with van der Waals surface area (Å²) in [4.78, 5) is 0. The van der Waals surface area contributed by atoms with Gasteiger partial charge in [-0.2, -0.15) is 0 Å². The normalized spacial score (nSPS) is 11.6. The van der Waals surface area contributed by atoms with Gasteiger partial charge < -0.3 is 0 Å². The second-order valence-electron chi connectivity index (χ2n) is 5.34. The van der Waals surface area contributed by atoms with E-state index in [0.29, 0.717) is 5.92 Å². The van der Waals surface area contributed by atoms with E-state index < -0.39 is 0 Å². The van der Waals surface area contributed by atoms with Crippen LogP contribution in [-0.2, 0) is 0 Å². The summed E-state index contributed by atoms with van der Waals surface area (Å²) in [6.45, 7) is 6.74. The summed E-state index contributed by atoms with van der Waals surface area (Å²) in [5, 5.41) is 5.53. The molecule has 3 rings (SSSR count). The highest BCUT2D eigenvalue weighted by molar-refractivity contribution is 6.10. The Labute approximate surface area is 108 Å². The number of hydrogen-bond donors (Lipinski definition) is 0. The van der Waals surface area contributed by atoms with Crippen molar-refractivity contribution < 1.29 is 0 Å². The Morgan fingerprint density at radius 2 is 1.33 bits per heavy atom. The third-order valence-corrected chi connectivity index (χ3v) is 3.77. The lowest BCUT2D eigenvalue weighted by molar-refractivity contribution is 0.878. The van der Waals surface area contributed by atoms with Crippen molar-refractivity contribution in [2.75, 3.05) is 0 Å². The van der Waals surface area contributed by atoms with Crippen molar-refractivity contribution in [2.45, 2.75) is 26.7 Å². The maximum atomic E-state index is 2.37. The van der Waals surface area contributed by atoms with Gasteiger partial charge in [0, 0.05) is 0 Å². The van der Waals surface area contributed by atoms with Crippen LogP contribution in [0.15, 0.2) is 48.5 Å². The van der Waals surface area contributed by atoms with Crippen LogP contribution in [0.1, 0.15) is 30.9 Å². The minimum Gasteiger partial charge on any atom is -0.0616 e. The summed E-state index contributed by atoms with van der Waals surface area (Å²) in [5.41, 5.74) is 2.81. The van der Waals surface area contributed by atoms with Crippen LogP contribution < -0.4 is 0 Å². The molecule has 18 heavy (non-hydrogen) atoms. The summed E-state index contributed by atoms with van der Waals surface area (Å²) in [6, 6.07) is 17.7. The van der Waals surface area contributed by atoms with Crippen molar-refractivity contribution in [1.29, 1.82) is 0 Å². The molecule has 0 fully saturated rings. The Bertz CT molecular complexity index is 721. The molecule has 0 spiro atoms. The minimum atomic E-state index is 0.555. The first-order chi connectivity index (χ1) is 8.68. The molecule has 0 saturated carbocycles. The molecule has 0 bridgehead atoms. The first-order valence-corrected chi connectivity index (χ1v) is 6.59. The summed E-state index contributed by atoms with van der Waals surface area (Å²) in [7, 11) is 0. The molecule has 0 heteroatoms. The van der Waals surface area contributed by atoms with Gasteiger partial charge in [-0.25, -0.2) is 0 Å². The average Bonchev–Trinajstić information content (AvgIpc) is 2.38. The van der Waals surface area contributed by atoms with E-state index in [2.05, 4.69) is 69.3 Å². The molecule has 0 N–H and O–H groups in total. The highest BCUT2D eigenvalue weighted by Crippen LogP contribution is 2.33. The van der Waals surface area contributed by atoms with Crippen LogP contribution in [0.25, 0.3) is 21.5 Å². The van der Waals surface area contributed by atoms with Crippen LogP contribution >= 0.6 is 0 Å². The van der Waals surface area contributed by atoms with E-state index in [1.54, 1.807) is 0 Å². The van der Waals surface area contributed by atoms with E-state index in [0.717, 1.165) is 0 Å². The van der Waals surface area contributed by atoms with Crippen molar-refractivity contribution in [3.05, 3.63) is 59.7 Å². The molecule has 0 aliphatic rings. The lowest BCUT2D eigenvalue weighted by Gasteiger charge is -2.14. The van der Waals surface area contributed by atoms with Crippen molar-refractivity contribution >= 4 is 21.5 Å².